The fourth-order valence-corrected chi connectivity index (χ4v) is 3.61. The summed E-state index contributed by atoms with van der Waals surface area (Å²) in [4.78, 5) is 27.6. The van der Waals surface area contributed by atoms with Crippen LogP contribution in [0.1, 0.15) is 23.6 Å². The Kier molecular flexibility index (Phi) is 5.96. The number of aryl methyl sites for hydroxylation is 2. The topological polar surface area (TPSA) is 58.6 Å². The van der Waals surface area contributed by atoms with Crippen molar-refractivity contribution in [2.75, 3.05) is 16.8 Å². The average Bonchev–Trinajstić information content (AvgIpc) is 3.03. The normalized spacial score (nSPS) is 13.7. The molecule has 1 N–H and O–H groups in total. The molecule has 0 atom stereocenters. The van der Waals surface area contributed by atoms with E-state index in [9.17, 15) is 18.4 Å². The first kappa shape index (κ1) is 22.2. The van der Waals surface area contributed by atoms with Gasteiger partial charge in [0.2, 0.25) is 0 Å². The molecule has 0 bridgehead atoms. The lowest BCUT2D eigenvalue weighted by atomic mass is 9.99. The van der Waals surface area contributed by atoms with E-state index in [2.05, 4.69) is 5.32 Å². The van der Waals surface area contributed by atoms with Gasteiger partial charge in [0.15, 0.2) is 11.6 Å². The molecule has 3 aromatic carbocycles. The second kappa shape index (κ2) is 8.86. The van der Waals surface area contributed by atoms with Crippen molar-refractivity contribution in [2.24, 2.45) is 0 Å². The molecule has 0 radical (unpaired) electrons. The Morgan fingerprint density at radius 1 is 0.848 bits per heavy atom. The number of ether oxygens (including phenoxy) is 1. The predicted octanol–water partition coefficient (Wildman–Crippen LogP) is 5.38. The van der Waals surface area contributed by atoms with Gasteiger partial charge in [0.05, 0.1) is 17.9 Å². The zero-order chi connectivity index (χ0) is 23.7. The number of carbonyl (C=O) groups is 2. The molecule has 1 heterocycles. The number of hydrogen-bond acceptors (Lipinski definition) is 4. The molecule has 33 heavy (non-hydrogen) atoms. The van der Waals surface area contributed by atoms with Crippen LogP contribution < -0.4 is 15.0 Å². The van der Waals surface area contributed by atoms with Crippen LogP contribution >= 0.6 is 0 Å². The SMILES string of the molecule is CCOc1ccc(NC2=C(c3ccc(C)c(C)c3)C(=O)N(c3ccc(F)c(F)c3)C2=O)cc1. The Balaban J connectivity index is 1.79. The summed E-state index contributed by atoms with van der Waals surface area (Å²) in [5.41, 5.74) is 3.27. The van der Waals surface area contributed by atoms with Crippen LogP contribution in [0.2, 0.25) is 0 Å². The highest BCUT2D eigenvalue weighted by atomic mass is 19.2. The van der Waals surface area contributed by atoms with E-state index >= 15 is 0 Å². The number of imide groups is 1. The maximum absolute atomic E-state index is 13.9. The third kappa shape index (κ3) is 4.22. The zero-order valence-electron chi connectivity index (χ0n) is 18.4. The molecule has 0 fully saturated rings. The van der Waals surface area contributed by atoms with Crippen molar-refractivity contribution in [3.05, 3.63) is 94.7 Å². The van der Waals surface area contributed by atoms with Crippen molar-refractivity contribution < 1.29 is 23.1 Å². The summed E-state index contributed by atoms with van der Waals surface area (Å²) in [5.74, 6) is -2.82. The summed E-state index contributed by atoms with van der Waals surface area (Å²) in [5, 5.41) is 3.04. The Labute approximate surface area is 190 Å². The van der Waals surface area contributed by atoms with E-state index in [0.717, 1.165) is 28.2 Å². The molecule has 0 saturated heterocycles. The van der Waals surface area contributed by atoms with Gasteiger partial charge < -0.3 is 10.1 Å². The molecule has 0 spiro atoms. The minimum absolute atomic E-state index is 0.0475. The highest BCUT2D eigenvalue weighted by molar-refractivity contribution is 6.46. The largest absolute Gasteiger partial charge is 0.494 e. The molecule has 0 unspecified atom stereocenters. The third-order valence-electron chi connectivity index (χ3n) is 5.48. The van der Waals surface area contributed by atoms with Crippen molar-refractivity contribution in [1.29, 1.82) is 0 Å². The van der Waals surface area contributed by atoms with Gasteiger partial charge in [-0.2, -0.15) is 0 Å². The van der Waals surface area contributed by atoms with E-state index in [4.69, 9.17) is 4.74 Å². The van der Waals surface area contributed by atoms with Gasteiger partial charge >= 0.3 is 0 Å². The third-order valence-corrected chi connectivity index (χ3v) is 5.48. The fraction of sp³-hybridized carbons (Fsp3) is 0.154. The molecule has 0 aliphatic carbocycles. The summed E-state index contributed by atoms with van der Waals surface area (Å²) < 4.78 is 32.8. The van der Waals surface area contributed by atoms with E-state index in [1.807, 2.05) is 32.9 Å². The van der Waals surface area contributed by atoms with Gasteiger partial charge in [-0.1, -0.05) is 18.2 Å². The predicted molar refractivity (Wildman–Crippen MR) is 123 cm³/mol. The van der Waals surface area contributed by atoms with Gasteiger partial charge in [-0.15, -0.1) is 0 Å². The minimum atomic E-state index is -1.14. The monoisotopic (exact) mass is 448 g/mol. The summed E-state index contributed by atoms with van der Waals surface area (Å²) >= 11 is 0. The zero-order valence-corrected chi connectivity index (χ0v) is 18.4. The van der Waals surface area contributed by atoms with Crippen molar-refractivity contribution in [2.45, 2.75) is 20.8 Å². The maximum Gasteiger partial charge on any atom is 0.282 e. The van der Waals surface area contributed by atoms with Crippen LogP contribution in [0.15, 0.2) is 66.4 Å². The van der Waals surface area contributed by atoms with Gasteiger partial charge in [-0.25, -0.2) is 13.7 Å². The van der Waals surface area contributed by atoms with Crippen molar-refractivity contribution >= 4 is 28.8 Å². The number of rotatable bonds is 6. The number of benzene rings is 3. The van der Waals surface area contributed by atoms with E-state index < -0.39 is 23.4 Å². The Bertz CT molecular complexity index is 1280. The number of nitrogens with zero attached hydrogens (tertiary/aromatic N) is 1. The van der Waals surface area contributed by atoms with Crippen LogP contribution in [0.5, 0.6) is 5.75 Å². The lowest BCUT2D eigenvalue weighted by Gasteiger charge is -2.15. The van der Waals surface area contributed by atoms with E-state index in [1.165, 1.54) is 6.07 Å². The molecule has 7 heteroatoms. The lowest BCUT2D eigenvalue weighted by molar-refractivity contribution is -0.120. The van der Waals surface area contributed by atoms with Crippen LogP contribution in [0.25, 0.3) is 5.57 Å². The molecule has 1 aliphatic heterocycles. The molecule has 0 saturated carbocycles. The first-order chi connectivity index (χ1) is 15.8. The highest BCUT2D eigenvalue weighted by Gasteiger charge is 2.40. The smallest absolute Gasteiger partial charge is 0.282 e. The molecule has 0 aromatic heterocycles. The van der Waals surface area contributed by atoms with Gasteiger partial charge in [0, 0.05) is 11.8 Å². The summed E-state index contributed by atoms with van der Waals surface area (Å²) in [7, 11) is 0. The van der Waals surface area contributed by atoms with Crippen LogP contribution in [-0.2, 0) is 9.59 Å². The number of nitrogens with one attached hydrogen (secondary N) is 1. The maximum atomic E-state index is 13.9. The Morgan fingerprint density at radius 3 is 2.21 bits per heavy atom. The Hall–Kier alpha value is -4.00. The van der Waals surface area contributed by atoms with Crippen molar-refractivity contribution in [1.82, 2.24) is 0 Å². The molecular weight excluding hydrogens is 426 g/mol. The second-order valence-electron chi connectivity index (χ2n) is 7.68. The van der Waals surface area contributed by atoms with Crippen LogP contribution in [0, 0.1) is 25.5 Å². The number of amides is 2. The fourth-order valence-electron chi connectivity index (χ4n) is 3.61. The van der Waals surface area contributed by atoms with Gasteiger partial charge in [0.1, 0.15) is 11.4 Å². The number of carbonyl (C=O) groups excluding carboxylic acids is 2. The van der Waals surface area contributed by atoms with Crippen molar-refractivity contribution in [3.63, 3.8) is 0 Å². The van der Waals surface area contributed by atoms with E-state index in [0.29, 0.717) is 23.6 Å². The van der Waals surface area contributed by atoms with Crippen molar-refractivity contribution in [3.8, 4) is 5.75 Å². The van der Waals surface area contributed by atoms with Crippen LogP contribution in [0.3, 0.4) is 0 Å². The van der Waals surface area contributed by atoms with E-state index in [-0.39, 0.29) is 17.0 Å². The molecule has 168 valence electrons. The molecule has 5 nitrogen and oxygen atoms in total. The molecule has 2 amide bonds. The summed E-state index contributed by atoms with van der Waals surface area (Å²) in [6.45, 7) is 6.25. The molecule has 1 aliphatic rings. The summed E-state index contributed by atoms with van der Waals surface area (Å²) in [6, 6.07) is 15.3. The minimum Gasteiger partial charge on any atom is -0.494 e. The van der Waals surface area contributed by atoms with E-state index in [1.54, 1.807) is 30.3 Å². The van der Waals surface area contributed by atoms with Gasteiger partial charge in [-0.3, -0.25) is 9.59 Å². The average molecular weight is 448 g/mol. The number of hydrogen-bond donors (Lipinski definition) is 1. The molecular formula is C26H22F2N2O3. The summed E-state index contributed by atoms with van der Waals surface area (Å²) in [6.07, 6.45) is 0. The number of anilines is 2. The standard InChI is InChI=1S/C26H22F2N2O3/c1-4-33-20-10-7-18(8-11-20)29-24-23(17-6-5-15(2)16(3)13-17)25(31)30(26(24)32)19-9-12-21(27)22(28)14-19/h5-14,29H,4H2,1-3H3. The molecule has 3 aromatic rings. The van der Waals surface area contributed by atoms with Gasteiger partial charge in [-0.05, 0) is 73.9 Å². The number of halogens is 2. The Morgan fingerprint density at radius 2 is 1.58 bits per heavy atom. The van der Waals surface area contributed by atoms with Crippen LogP contribution in [0.4, 0.5) is 20.2 Å². The lowest BCUT2D eigenvalue weighted by Crippen LogP contribution is -2.32. The molecule has 4 rings (SSSR count). The van der Waals surface area contributed by atoms with Crippen LogP contribution in [-0.4, -0.2) is 18.4 Å². The highest BCUT2D eigenvalue weighted by Crippen LogP contribution is 2.35. The second-order valence-corrected chi connectivity index (χ2v) is 7.68. The van der Waals surface area contributed by atoms with Gasteiger partial charge in [0.25, 0.3) is 11.8 Å². The first-order valence-corrected chi connectivity index (χ1v) is 10.5. The quantitative estimate of drug-likeness (QED) is 0.515. The first-order valence-electron chi connectivity index (χ1n) is 10.5.